The Morgan fingerprint density at radius 1 is 1.37 bits per heavy atom. The average Bonchev–Trinajstić information content (AvgIpc) is 2.74. The highest BCUT2D eigenvalue weighted by molar-refractivity contribution is 5.71. The monoisotopic (exact) mass is 265 g/mol. The molecule has 2 heterocycles. The molecule has 0 aliphatic carbocycles. The molecule has 0 bridgehead atoms. The summed E-state index contributed by atoms with van der Waals surface area (Å²) in [6, 6.07) is -0.0412. The second-order valence-corrected chi connectivity index (χ2v) is 4.68. The molecule has 104 valence electrons. The summed E-state index contributed by atoms with van der Waals surface area (Å²) in [5, 5.41) is 0. The first kappa shape index (κ1) is 13.5. The van der Waals surface area contributed by atoms with Gasteiger partial charge < -0.3 is 10.3 Å². The van der Waals surface area contributed by atoms with Crippen LogP contribution in [0.5, 0.6) is 0 Å². The van der Waals surface area contributed by atoms with Crippen LogP contribution in [-0.2, 0) is 13.6 Å². The molecule has 0 aliphatic heterocycles. The molecule has 7 heteroatoms. The zero-order valence-electron chi connectivity index (χ0n) is 11.7. The summed E-state index contributed by atoms with van der Waals surface area (Å²) in [6.45, 7) is 6.25. The fraction of sp³-hybridized carbons (Fsp3) is 0.583. The Balaban J connectivity index is 3.03. The van der Waals surface area contributed by atoms with Gasteiger partial charge in [0.05, 0.1) is 0 Å². The number of fused-ring (bicyclic) bond motifs is 1. The normalized spacial score (nSPS) is 13.1. The standard InChI is InChI=1S/C12H19N5O2/c1-5-16-11(18)9-10(15(4)12(16)19)14-8(3)17(9)7(2)6-13/h7H,5-6,13H2,1-4H3. The highest BCUT2D eigenvalue weighted by atomic mass is 16.2. The average molecular weight is 265 g/mol. The molecular formula is C12H19N5O2. The molecule has 0 saturated heterocycles. The van der Waals surface area contributed by atoms with Crippen LogP contribution in [0.3, 0.4) is 0 Å². The van der Waals surface area contributed by atoms with Crippen molar-refractivity contribution in [1.82, 2.24) is 18.7 Å². The molecule has 0 aliphatic rings. The van der Waals surface area contributed by atoms with Crippen molar-refractivity contribution in [1.29, 1.82) is 0 Å². The minimum Gasteiger partial charge on any atom is -0.328 e. The lowest BCUT2D eigenvalue weighted by molar-refractivity contribution is 0.553. The van der Waals surface area contributed by atoms with Crippen LogP contribution in [0, 0.1) is 6.92 Å². The van der Waals surface area contributed by atoms with Gasteiger partial charge in [0.1, 0.15) is 5.82 Å². The maximum Gasteiger partial charge on any atom is 0.332 e. The van der Waals surface area contributed by atoms with Gasteiger partial charge in [-0.05, 0) is 20.8 Å². The maximum absolute atomic E-state index is 12.4. The van der Waals surface area contributed by atoms with E-state index in [1.165, 1.54) is 9.13 Å². The van der Waals surface area contributed by atoms with Gasteiger partial charge >= 0.3 is 5.69 Å². The zero-order chi connectivity index (χ0) is 14.3. The summed E-state index contributed by atoms with van der Waals surface area (Å²) in [5.41, 5.74) is 5.90. The topological polar surface area (TPSA) is 87.8 Å². The fourth-order valence-electron chi connectivity index (χ4n) is 2.37. The van der Waals surface area contributed by atoms with Gasteiger partial charge in [-0.1, -0.05) is 0 Å². The minimum absolute atomic E-state index is 0.0412. The highest BCUT2D eigenvalue weighted by Crippen LogP contribution is 2.16. The molecule has 2 rings (SSSR count). The van der Waals surface area contributed by atoms with Gasteiger partial charge in [-0.15, -0.1) is 0 Å². The summed E-state index contributed by atoms with van der Waals surface area (Å²) in [5.74, 6) is 0.689. The van der Waals surface area contributed by atoms with E-state index in [0.29, 0.717) is 30.1 Å². The minimum atomic E-state index is -0.343. The molecule has 19 heavy (non-hydrogen) atoms. The lowest BCUT2D eigenvalue weighted by Crippen LogP contribution is -2.39. The fourth-order valence-corrected chi connectivity index (χ4v) is 2.37. The van der Waals surface area contributed by atoms with E-state index >= 15 is 0 Å². The number of aromatic nitrogens is 4. The van der Waals surface area contributed by atoms with Crippen LogP contribution in [0.25, 0.3) is 11.2 Å². The van der Waals surface area contributed by atoms with Crippen LogP contribution in [0.1, 0.15) is 25.7 Å². The van der Waals surface area contributed by atoms with E-state index in [4.69, 9.17) is 5.73 Å². The van der Waals surface area contributed by atoms with Crippen molar-refractivity contribution >= 4 is 11.2 Å². The third-order valence-electron chi connectivity index (χ3n) is 3.45. The first-order valence-corrected chi connectivity index (χ1v) is 6.32. The van der Waals surface area contributed by atoms with Gasteiger partial charge in [0.25, 0.3) is 5.56 Å². The molecule has 2 aromatic heterocycles. The molecule has 1 atom stereocenters. The van der Waals surface area contributed by atoms with E-state index in [-0.39, 0.29) is 17.3 Å². The quantitative estimate of drug-likeness (QED) is 0.828. The molecule has 0 spiro atoms. The molecule has 0 amide bonds. The molecular weight excluding hydrogens is 246 g/mol. The Morgan fingerprint density at radius 3 is 2.53 bits per heavy atom. The van der Waals surface area contributed by atoms with Gasteiger partial charge in [0.15, 0.2) is 11.2 Å². The van der Waals surface area contributed by atoms with Gasteiger partial charge in [-0.3, -0.25) is 13.9 Å². The number of imidazole rings is 1. The number of rotatable bonds is 3. The Labute approximate surface area is 110 Å². The molecule has 1 unspecified atom stereocenters. The summed E-state index contributed by atoms with van der Waals surface area (Å²) in [6.07, 6.45) is 0. The van der Waals surface area contributed by atoms with Gasteiger partial charge in [0, 0.05) is 26.2 Å². The first-order valence-electron chi connectivity index (χ1n) is 6.32. The second-order valence-electron chi connectivity index (χ2n) is 4.68. The predicted octanol–water partition coefficient (Wildman–Crippen LogP) is -0.255. The van der Waals surface area contributed by atoms with Crippen molar-refractivity contribution in [2.45, 2.75) is 33.4 Å². The molecule has 0 radical (unpaired) electrons. The van der Waals surface area contributed by atoms with Crippen molar-refractivity contribution in [2.75, 3.05) is 6.54 Å². The maximum atomic E-state index is 12.4. The largest absolute Gasteiger partial charge is 0.332 e. The van der Waals surface area contributed by atoms with Crippen LogP contribution >= 0.6 is 0 Å². The smallest absolute Gasteiger partial charge is 0.328 e. The van der Waals surface area contributed by atoms with Crippen molar-refractivity contribution in [3.05, 3.63) is 26.7 Å². The summed E-state index contributed by atoms with van der Waals surface area (Å²) < 4.78 is 4.43. The molecule has 0 aromatic carbocycles. The van der Waals surface area contributed by atoms with E-state index in [0.717, 1.165) is 0 Å². The zero-order valence-corrected chi connectivity index (χ0v) is 11.7. The number of nitrogens with two attached hydrogens (primary N) is 1. The van der Waals surface area contributed by atoms with Crippen LogP contribution in [0.4, 0.5) is 0 Å². The van der Waals surface area contributed by atoms with Crippen LogP contribution < -0.4 is 17.0 Å². The number of hydrogen-bond acceptors (Lipinski definition) is 4. The lowest BCUT2D eigenvalue weighted by Gasteiger charge is -2.14. The van der Waals surface area contributed by atoms with Crippen molar-refractivity contribution < 1.29 is 0 Å². The lowest BCUT2D eigenvalue weighted by atomic mass is 10.3. The van der Waals surface area contributed by atoms with Crippen molar-refractivity contribution in [2.24, 2.45) is 12.8 Å². The summed E-state index contributed by atoms with van der Waals surface area (Å²) in [7, 11) is 1.63. The van der Waals surface area contributed by atoms with E-state index in [1.807, 2.05) is 18.4 Å². The molecule has 0 saturated carbocycles. The van der Waals surface area contributed by atoms with Gasteiger partial charge in [0.2, 0.25) is 0 Å². The van der Waals surface area contributed by atoms with Gasteiger partial charge in [-0.25, -0.2) is 9.78 Å². The molecule has 0 fully saturated rings. The number of nitrogens with zero attached hydrogens (tertiary/aromatic N) is 4. The van der Waals surface area contributed by atoms with E-state index in [2.05, 4.69) is 4.98 Å². The second kappa shape index (κ2) is 4.65. The van der Waals surface area contributed by atoms with E-state index < -0.39 is 0 Å². The highest BCUT2D eigenvalue weighted by Gasteiger charge is 2.20. The van der Waals surface area contributed by atoms with Crippen molar-refractivity contribution in [3.63, 3.8) is 0 Å². The van der Waals surface area contributed by atoms with Crippen molar-refractivity contribution in [3.8, 4) is 0 Å². The SMILES string of the molecule is CCn1c(=O)c2c(nc(C)n2C(C)CN)n(C)c1=O. The van der Waals surface area contributed by atoms with Crippen LogP contribution in [0.15, 0.2) is 9.59 Å². The Morgan fingerprint density at radius 2 is 2.00 bits per heavy atom. The third kappa shape index (κ3) is 1.81. The third-order valence-corrected chi connectivity index (χ3v) is 3.45. The first-order chi connectivity index (χ1) is 8.93. The summed E-state index contributed by atoms with van der Waals surface area (Å²) >= 11 is 0. The predicted molar refractivity (Wildman–Crippen MR) is 73.4 cm³/mol. The molecule has 2 N–H and O–H groups in total. The Hall–Kier alpha value is -1.89. The van der Waals surface area contributed by atoms with E-state index in [9.17, 15) is 9.59 Å². The van der Waals surface area contributed by atoms with Crippen LogP contribution in [-0.4, -0.2) is 25.2 Å². The number of hydrogen-bond donors (Lipinski definition) is 1. The molecule has 7 nitrogen and oxygen atoms in total. The molecule has 2 aromatic rings. The van der Waals surface area contributed by atoms with Crippen LogP contribution in [0.2, 0.25) is 0 Å². The van der Waals surface area contributed by atoms with E-state index in [1.54, 1.807) is 14.0 Å². The van der Waals surface area contributed by atoms with Gasteiger partial charge in [-0.2, -0.15) is 0 Å². The number of aryl methyl sites for hydroxylation is 2. The Kier molecular flexibility index (Phi) is 3.32. The Bertz CT molecular complexity index is 737. The summed E-state index contributed by atoms with van der Waals surface area (Å²) in [4.78, 5) is 28.8.